The number of anilines is 8. The van der Waals surface area contributed by atoms with Gasteiger partial charge in [0.1, 0.15) is 0 Å². The second kappa shape index (κ2) is 23.2. The molecule has 7 N–H and O–H groups in total. The van der Waals surface area contributed by atoms with E-state index in [2.05, 4.69) is 61.1 Å². The van der Waals surface area contributed by atoms with E-state index in [0.717, 1.165) is 55.5 Å². The number of rotatable bonds is 17. The van der Waals surface area contributed by atoms with Gasteiger partial charge in [0.05, 0.1) is 91.6 Å². The number of imidazole rings is 3. The van der Waals surface area contributed by atoms with E-state index in [1.54, 1.807) is 92.2 Å². The van der Waals surface area contributed by atoms with Crippen molar-refractivity contribution in [3.63, 3.8) is 0 Å². The van der Waals surface area contributed by atoms with Crippen molar-refractivity contribution in [3.05, 3.63) is 238 Å². The highest BCUT2D eigenvalue weighted by Gasteiger charge is 2.24. The fourth-order valence-corrected chi connectivity index (χ4v) is 11.8. The van der Waals surface area contributed by atoms with Crippen LogP contribution in [0.1, 0.15) is 10.4 Å². The molecular weight excluding hydrogens is 1160 g/mol. The maximum absolute atomic E-state index is 14.6. The molecule has 0 bridgehead atoms. The van der Waals surface area contributed by atoms with Gasteiger partial charge in [-0.15, -0.1) is 0 Å². The molecule has 0 saturated heterocycles. The van der Waals surface area contributed by atoms with E-state index in [0.29, 0.717) is 91.0 Å². The zero-order valence-electron chi connectivity index (χ0n) is 47.9. The SMILES string of the molecule is CN(c1cccc(Nc2nccc(-c3ccc4[nH]cnc4c3)n2)c1)S(=O)(=O)c1cccc(-c2cnc(Nc3cccc(C(=O)Nc4cccc(-c5cc(-c6ccc7[nH]cnc7c6)nc(Nc6cccc(-c7cnco7)c6)n5)c4)c3)nc2-c2ccc3[nH]cnc3c2)c1. The number of oxazole rings is 1. The van der Waals surface area contributed by atoms with E-state index in [1.807, 2.05) is 133 Å². The standard InChI is InChI=1S/C68H48N18O4S/c1-86(51-15-6-14-50(32-51)80-66-70-24-23-54(82-66)42-17-20-55-60(29-42)75-36-72-55)91(88,89)52-16-5-7-40(28-52)53-34-71-67(85-64(53)45-19-22-57-62(31-45)77-38-74-57)79-49-13-4-10-46(27-49)65(87)78-47-11-2-8-41(25-47)58-33-59(43-18-21-56-61(30-43)76-37-73-56)84-68(83-58)81-48-12-3-9-44(26-48)63-35-69-39-90-63/h2-39H,1H3,(H,72,75)(H,73,76)(H,74,77)(H,78,87)(H,70,80,82)(H,71,79,85)(H,81,83,84). The van der Waals surface area contributed by atoms with Crippen LogP contribution >= 0.6 is 0 Å². The summed E-state index contributed by atoms with van der Waals surface area (Å²) in [6.45, 7) is 0. The van der Waals surface area contributed by atoms with Gasteiger partial charge in [-0.2, -0.15) is 0 Å². The fourth-order valence-electron chi connectivity index (χ4n) is 10.6. The van der Waals surface area contributed by atoms with Crippen LogP contribution in [0.3, 0.4) is 0 Å². The zero-order chi connectivity index (χ0) is 61.4. The molecular formula is C68H48N18O4S. The Hall–Kier alpha value is -12.8. The average molecular weight is 1210 g/mol. The minimum absolute atomic E-state index is 0.0424. The van der Waals surface area contributed by atoms with Crippen LogP contribution < -0.4 is 25.6 Å². The van der Waals surface area contributed by atoms with Gasteiger partial charge in [-0.05, 0) is 127 Å². The number of amides is 1. The predicted octanol–water partition coefficient (Wildman–Crippen LogP) is 14.0. The molecule has 0 atom stereocenters. The summed E-state index contributed by atoms with van der Waals surface area (Å²) in [7, 11) is -2.64. The number of aromatic amines is 3. The van der Waals surface area contributed by atoms with Gasteiger partial charge in [-0.1, -0.05) is 66.7 Å². The van der Waals surface area contributed by atoms with Gasteiger partial charge in [0.15, 0.2) is 12.2 Å². The molecule has 15 rings (SSSR count). The van der Waals surface area contributed by atoms with E-state index in [4.69, 9.17) is 29.3 Å². The van der Waals surface area contributed by atoms with Crippen LogP contribution in [-0.4, -0.2) is 86.2 Å². The number of fused-ring (bicyclic) bond motifs is 3. The summed E-state index contributed by atoms with van der Waals surface area (Å²) in [5, 5.41) is 13.0. The lowest BCUT2D eigenvalue weighted by Gasteiger charge is -2.21. The first-order valence-corrected chi connectivity index (χ1v) is 29.9. The van der Waals surface area contributed by atoms with Crippen molar-refractivity contribution in [1.82, 2.24) is 64.8 Å². The van der Waals surface area contributed by atoms with Crippen LogP contribution in [-0.2, 0) is 10.0 Å². The number of sulfonamides is 1. The lowest BCUT2D eigenvalue weighted by Crippen LogP contribution is -2.26. The number of carbonyl (C=O) groups is 1. The first-order chi connectivity index (χ1) is 44.5. The molecule has 1 amide bonds. The Morgan fingerprint density at radius 1 is 0.473 bits per heavy atom. The number of hydrogen-bond donors (Lipinski definition) is 7. The maximum Gasteiger partial charge on any atom is 0.264 e. The van der Waals surface area contributed by atoms with Crippen LogP contribution in [0.5, 0.6) is 0 Å². The van der Waals surface area contributed by atoms with Crippen molar-refractivity contribution >= 4 is 95.3 Å². The number of benzene rings is 8. The van der Waals surface area contributed by atoms with Crippen molar-refractivity contribution in [1.29, 1.82) is 0 Å². The van der Waals surface area contributed by atoms with Crippen molar-refractivity contribution < 1.29 is 17.6 Å². The molecule has 22 nitrogen and oxygen atoms in total. The predicted molar refractivity (Wildman–Crippen MR) is 350 cm³/mol. The molecule has 8 aromatic carbocycles. The number of nitrogens with zero attached hydrogens (tertiary/aromatic N) is 11. The Bertz CT molecular complexity index is 5380. The molecule has 15 aromatic rings. The Balaban J connectivity index is 0.677. The topological polar surface area (TPSA) is 292 Å². The Morgan fingerprint density at radius 2 is 1.03 bits per heavy atom. The first kappa shape index (κ1) is 54.9. The normalized spacial score (nSPS) is 11.5. The van der Waals surface area contributed by atoms with Crippen LogP contribution in [0.25, 0.3) is 101 Å². The Morgan fingerprint density at radius 3 is 1.75 bits per heavy atom. The summed E-state index contributed by atoms with van der Waals surface area (Å²) in [6.07, 6.45) is 11.3. The van der Waals surface area contributed by atoms with Gasteiger partial charge < -0.3 is 40.6 Å². The second-order valence-corrected chi connectivity index (χ2v) is 23.0. The summed E-state index contributed by atoms with van der Waals surface area (Å²) in [5.74, 6) is 1.16. The molecule has 0 saturated carbocycles. The zero-order valence-corrected chi connectivity index (χ0v) is 48.7. The molecule has 0 aliphatic heterocycles. The highest BCUT2D eigenvalue weighted by atomic mass is 32.2. The number of H-pyrrole nitrogens is 3. The van der Waals surface area contributed by atoms with Crippen molar-refractivity contribution in [2.75, 3.05) is 32.6 Å². The number of aromatic nitrogens is 13. The first-order valence-electron chi connectivity index (χ1n) is 28.5. The number of nitrogens with one attached hydrogen (secondary N) is 7. The Kier molecular flexibility index (Phi) is 14.0. The molecule has 91 heavy (non-hydrogen) atoms. The monoisotopic (exact) mass is 1210 g/mol. The summed E-state index contributed by atoms with van der Waals surface area (Å²) >= 11 is 0. The maximum atomic E-state index is 14.6. The quantitative estimate of drug-likeness (QED) is 0.0446. The second-order valence-electron chi connectivity index (χ2n) is 21.1. The van der Waals surface area contributed by atoms with Crippen LogP contribution in [0, 0.1) is 0 Å². The minimum atomic E-state index is -4.14. The van der Waals surface area contributed by atoms with Gasteiger partial charge >= 0.3 is 0 Å². The molecule has 0 fully saturated rings. The summed E-state index contributed by atoms with van der Waals surface area (Å²) in [4.78, 5) is 69.9. The van der Waals surface area contributed by atoms with E-state index in [-0.39, 0.29) is 16.8 Å². The largest absolute Gasteiger partial charge is 0.444 e. The third-order valence-corrected chi connectivity index (χ3v) is 17.0. The summed E-state index contributed by atoms with van der Waals surface area (Å²) < 4.78 is 36.0. The number of hydrogen-bond acceptors (Lipinski definition) is 17. The highest BCUT2D eigenvalue weighted by Crippen LogP contribution is 2.37. The lowest BCUT2D eigenvalue weighted by atomic mass is 10.0. The van der Waals surface area contributed by atoms with Gasteiger partial charge in [0, 0.05) is 81.1 Å². The molecule has 0 radical (unpaired) electrons. The van der Waals surface area contributed by atoms with Gasteiger partial charge in [-0.3, -0.25) is 9.10 Å². The van der Waals surface area contributed by atoms with Crippen molar-refractivity contribution in [2.45, 2.75) is 4.90 Å². The van der Waals surface area contributed by atoms with Crippen LogP contribution in [0.2, 0.25) is 0 Å². The molecule has 440 valence electrons. The van der Waals surface area contributed by atoms with Crippen molar-refractivity contribution in [2.24, 2.45) is 0 Å². The third kappa shape index (κ3) is 11.4. The Labute approximate surface area is 517 Å². The van der Waals surface area contributed by atoms with E-state index < -0.39 is 10.0 Å². The molecule has 0 aliphatic carbocycles. The molecule has 0 aliphatic rings. The van der Waals surface area contributed by atoms with E-state index in [1.165, 1.54) is 17.7 Å². The highest BCUT2D eigenvalue weighted by molar-refractivity contribution is 7.92. The van der Waals surface area contributed by atoms with Crippen LogP contribution in [0.4, 0.5) is 46.3 Å². The average Bonchev–Trinajstić information content (AvgIpc) is 3.94. The molecule has 7 heterocycles. The van der Waals surface area contributed by atoms with Gasteiger partial charge in [0.2, 0.25) is 17.8 Å². The fraction of sp³-hybridized carbons (Fsp3) is 0.0147. The summed E-state index contributed by atoms with van der Waals surface area (Å²) in [6, 6.07) is 57.0. The van der Waals surface area contributed by atoms with Gasteiger partial charge in [-0.25, -0.2) is 58.3 Å². The van der Waals surface area contributed by atoms with Crippen molar-refractivity contribution in [3.8, 4) is 67.5 Å². The molecule has 0 unspecified atom stereocenters. The number of carbonyl (C=O) groups excluding carboxylic acids is 1. The molecule has 23 heteroatoms. The lowest BCUT2D eigenvalue weighted by molar-refractivity contribution is 0.102. The van der Waals surface area contributed by atoms with Gasteiger partial charge in [0.25, 0.3) is 15.9 Å². The minimum Gasteiger partial charge on any atom is -0.444 e. The summed E-state index contributed by atoms with van der Waals surface area (Å²) in [5.41, 5.74) is 15.6. The smallest absolute Gasteiger partial charge is 0.264 e. The molecule has 0 spiro atoms. The van der Waals surface area contributed by atoms with E-state index >= 15 is 0 Å². The van der Waals surface area contributed by atoms with E-state index in [9.17, 15) is 13.2 Å². The molecule has 7 aromatic heterocycles. The van der Waals surface area contributed by atoms with Crippen LogP contribution in [0.15, 0.2) is 241 Å². The third-order valence-electron chi connectivity index (χ3n) is 15.2.